The third-order valence-corrected chi connectivity index (χ3v) is 3.60. The quantitative estimate of drug-likeness (QED) is 0.862. The Hall–Kier alpha value is -0.160. The lowest BCUT2D eigenvalue weighted by Gasteiger charge is -2.33. The van der Waals surface area contributed by atoms with E-state index in [-0.39, 0.29) is 12.4 Å². The van der Waals surface area contributed by atoms with E-state index in [4.69, 9.17) is 0 Å². The van der Waals surface area contributed by atoms with Crippen LogP contribution in [0.15, 0.2) is 5.38 Å². The maximum Gasteiger partial charge on any atom is 0.107 e. The van der Waals surface area contributed by atoms with Crippen LogP contribution in [0.5, 0.6) is 0 Å². The monoisotopic (exact) mass is 247 g/mol. The summed E-state index contributed by atoms with van der Waals surface area (Å²) in [7, 11) is 0. The van der Waals surface area contributed by atoms with Crippen LogP contribution in [0.3, 0.4) is 0 Å². The van der Waals surface area contributed by atoms with E-state index in [0.29, 0.717) is 6.04 Å². The molecule has 0 bridgehead atoms. The van der Waals surface area contributed by atoms with Crippen molar-refractivity contribution in [2.75, 3.05) is 19.6 Å². The zero-order valence-corrected chi connectivity index (χ0v) is 10.8. The van der Waals surface area contributed by atoms with Crippen molar-refractivity contribution in [3.8, 4) is 0 Å². The first-order valence-corrected chi connectivity index (χ1v) is 5.99. The van der Waals surface area contributed by atoms with E-state index in [1.54, 1.807) is 11.3 Å². The molecule has 86 valence electrons. The zero-order valence-electron chi connectivity index (χ0n) is 9.19. The lowest BCUT2D eigenvalue weighted by atomic mass is 10.2. The van der Waals surface area contributed by atoms with E-state index >= 15 is 0 Å². The Bertz CT molecular complexity index is 303. The second-order valence-corrected chi connectivity index (χ2v) is 4.85. The molecule has 2 heterocycles. The van der Waals surface area contributed by atoms with Gasteiger partial charge in [-0.25, -0.2) is 4.98 Å². The van der Waals surface area contributed by atoms with Gasteiger partial charge < -0.3 is 5.32 Å². The Morgan fingerprint density at radius 3 is 3.07 bits per heavy atom. The fourth-order valence-electron chi connectivity index (χ4n) is 1.77. The zero-order chi connectivity index (χ0) is 9.97. The first-order chi connectivity index (χ1) is 6.75. The van der Waals surface area contributed by atoms with Crippen LogP contribution in [0.2, 0.25) is 0 Å². The Morgan fingerprint density at radius 1 is 1.67 bits per heavy atom. The molecule has 1 unspecified atom stereocenters. The first-order valence-electron chi connectivity index (χ1n) is 5.11. The Labute approximate surface area is 101 Å². The van der Waals surface area contributed by atoms with Crippen LogP contribution in [0.1, 0.15) is 17.6 Å². The molecule has 1 N–H and O–H groups in total. The molecule has 1 aliphatic heterocycles. The summed E-state index contributed by atoms with van der Waals surface area (Å²) in [5, 5.41) is 6.77. The molecule has 1 aromatic rings. The van der Waals surface area contributed by atoms with E-state index in [0.717, 1.165) is 31.9 Å². The number of thiazole rings is 1. The molecule has 0 aromatic carbocycles. The van der Waals surface area contributed by atoms with Crippen LogP contribution in [0.4, 0.5) is 0 Å². The van der Waals surface area contributed by atoms with Gasteiger partial charge in [-0.05, 0) is 13.8 Å². The second-order valence-electron chi connectivity index (χ2n) is 3.91. The lowest BCUT2D eigenvalue weighted by molar-refractivity contribution is 0.165. The number of rotatable bonds is 2. The van der Waals surface area contributed by atoms with E-state index in [9.17, 15) is 0 Å². The standard InChI is InChI=1S/C10H17N3S.ClH/c1-8-7-14-10(12-8)6-13-4-3-11-5-9(13)2;/h7,9,11H,3-6H2,1-2H3;1H. The summed E-state index contributed by atoms with van der Waals surface area (Å²) in [6.45, 7) is 8.69. The van der Waals surface area contributed by atoms with Crippen LogP contribution < -0.4 is 5.32 Å². The van der Waals surface area contributed by atoms with Crippen LogP contribution in [0.25, 0.3) is 0 Å². The average Bonchev–Trinajstić information content (AvgIpc) is 2.56. The summed E-state index contributed by atoms with van der Waals surface area (Å²) < 4.78 is 0. The maximum absolute atomic E-state index is 4.50. The van der Waals surface area contributed by atoms with Gasteiger partial charge in [0.05, 0.1) is 6.54 Å². The van der Waals surface area contributed by atoms with Crippen molar-refractivity contribution in [2.24, 2.45) is 0 Å². The summed E-state index contributed by atoms with van der Waals surface area (Å²) in [5.74, 6) is 0. The molecule has 15 heavy (non-hydrogen) atoms. The van der Waals surface area contributed by atoms with Gasteiger partial charge in [0.1, 0.15) is 5.01 Å². The number of aryl methyl sites for hydroxylation is 1. The number of nitrogens with one attached hydrogen (secondary N) is 1. The van der Waals surface area contributed by atoms with Gasteiger partial charge in [0.25, 0.3) is 0 Å². The number of piperazine rings is 1. The van der Waals surface area contributed by atoms with Gasteiger partial charge >= 0.3 is 0 Å². The average molecular weight is 248 g/mol. The minimum atomic E-state index is 0. The highest BCUT2D eigenvalue weighted by Gasteiger charge is 2.18. The molecule has 0 spiro atoms. The SMILES string of the molecule is Cc1csc(CN2CCNCC2C)n1.Cl. The summed E-state index contributed by atoms with van der Waals surface area (Å²) in [6, 6.07) is 0.632. The van der Waals surface area contributed by atoms with Crippen LogP contribution in [-0.4, -0.2) is 35.6 Å². The molecule has 2 rings (SSSR count). The Balaban J connectivity index is 0.00000112. The minimum Gasteiger partial charge on any atom is -0.314 e. The molecule has 0 radical (unpaired) electrons. The van der Waals surface area contributed by atoms with Gasteiger partial charge in [0.2, 0.25) is 0 Å². The predicted molar refractivity (Wildman–Crippen MR) is 66.8 cm³/mol. The van der Waals surface area contributed by atoms with E-state index in [1.165, 1.54) is 5.01 Å². The third-order valence-electron chi connectivity index (χ3n) is 2.64. The van der Waals surface area contributed by atoms with Gasteiger partial charge in [-0.3, -0.25) is 4.90 Å². The van der Waals surface area contributed by atoms with Gasteiger partial charge in [-0.1, -0.05) is 0 Å². The van der Waals surface area contributed by atoms with Crippen molar-refractivity contribution >= 4 is 23.7 Å². The van der Waals surface area contributed by atoms with Crippen molar-refractivity contribution in [1.29, 1.82) is 0 Å². The molecule has 1 fully saturated rings. The molecule has 1 aromatic heterocycles. The first kappa shape index (κ1) is 12.9. The van der Waals surface area contributed by atoms with Crippen molar-refractivity contribution in [2.45, 2.75) is 26.4 Å². The lowest BCUT2D eigenvalue weighted by Crippen LogP contribution is -2.49. The van der Waals surface area contributed by atoms with Crippen molar-refractivity contribution in [3.05, 3.63) is 16.1 Å². The van der Waals surface area contributed by atoms with E-state index in [2.05, 4.69) is 34.4 Å². The molecule has 0 amide bonds. The van der Waals surface area contributed by atoms with Gasteiger partial charge in [-0.2, -0.15) is 0 Å². The van der Waals surface area contributed by atoms with Crippen LogP contribution >= 0.6 is 23.7 Å². The molecular formula is C10H18ClN3S. The molecular weight excluding hydrogens is 230 g/mol. The van der Waals surface area contributed by atoms with Crippen molar-refractivity contribution in [1.82, 2.24) is 15.2 Å². The second kappa shape index (κ2) is 5.80. The molecule has 0 aliphatic carbocycles. The van der Waals surface area contributed by atoms with Crippen molar-refractivity contribution < 1.29 is 0 Å². The highest BCUT2D eigenvalue weighted by Crippen LogP contribution is 2.14. The summed E-state index contributed by atoms with van der Waals surface area (Å²) >= 11 is 1.77. The van der Waals surface area contributed by atoms with Crippen LogP contribution in [-0.2, 0) is 6.54 Å². The highest BCUT2D eigenvalue weighted by molar-refractivity contribution is 7.09. The smallest absolute Gasteiger partial charge is 0.107 e. The number of hydrogen-bond acceptors (Lipinski definition) is 4. The fraction of sp³-hybridized carbons (Fsp3) is 0.700. The molecule has 1 aliphatic rings. The maximum atomic E-state index is 4.50. The van der Waals surface area contributed by atoms with Gasteiger partial charge in [0, 0.05) is 36.8 Å². The van der Waals surface area contributed by atoms with Crippen LogP contribution in [0, 0.1) is 6.92 Å². The Kier molecular flexibility index (Phi) is 4.99. The molecule has 1 saturated heterocycles. The molecule has 0 saturated carbocycles. The molecule has 5 heteroatoms. The topological polar surface area (TPSA) is 28.2 Å². The Morgan fingerprint density at radius 2 is 2.47 bits per heavy atom. The predicted octanol–water partition coefficient (Wildman–Crippen LogP) is 1.67. The summed E-state index contributed by atoms with van der Waals surface area (Å²) in [5.41, 5.74) is 1.15. The van der Waals surface area contributed by atoms with E-state index in [1.807, 2.05) is 0 Å². The largest absolute Gasteiger partial charge is 0.314 e. The van der Waals surface area contributed by atoms with Gasteiger partial charge in [0.15, 0.2) is 0 Å². The van der Waals surface area contributed by atoms with E-state index < -0.39 is 0 Å². The fourth-order valence-corrected chi connectivity index (χ4v) is 2.56. The van der Waals surface area contributed by atoms with Crippen molar-refractivity contribution in [3.63, 3.8) is 0 Å². The number of halogens is 1. The molecule has 3 nitrogen and oxygen atoms in total. The summed E-state index contributed by atoms with van der Waals surface area (Å²) in [4.78, 5) is 6.99. The highest BCUT2D eigenvalue weighted by atomic mass is 35.5. The normalized spacial score (nSPS) is 22.4. The summed E-state index contributed by atoms with van der Waals surface area (Å²) in [6.07, 6.45) is 0. The minimum absolute atomic E-state index is 0. The third kappa shape index (κ3) is 3.41. The number of hydrogen-bond donors (Lipinski definition) is 1. The number of aromatic nitrogens is 1. The molecule has 1 atom stereocenters. The van der Waals surface area contributed by atoms with Gasteiger partial charge in [-0.15, -0.1) is 23.7 Å². The number of nitrogens with zero attached hydrogens (tertiary/aromatic N) is 2.